The molecular weight excluding hydrogens is 282 g/mol. The third-order valence-electron chi connectivity index (χ3n) is 2.24. The van der Waals surface area contributed by atoms with Gasteiger partial charge in [-0.1, -0.05) is 22.0 Å². The largest absolute Gasteiger partial charge is 0.320 e. The van der Waals surface area contributed by atoms with E-state index in [1.807, 2.05) is 25.1 Å². The highest BCUT2D eigenvalue weighted by molar-refractivity contribution is 9.10. The third-order valence-corrected chi connectivity index (χ3v) is 2.74. The van der Waals surface area contributed by atoms with Crippen molar-refractivity contribution in [2.75, 3.05) is 5.32 Å². The molecule has 1 heterocycles. The summed E-state index contributed by atoms with van der Waals surface area (Å²) < 4.78 is 0.914. The van der Waals surface area contributed by atoms with Crippen molar-refractivity contribution in [3.8, 4) is 0 Å². The van der Waals surface area contributed by atoms with Crippen LogP contribution in [0.3, 0.4) is 0 Å². The van der Waals surface area contributed by atoms with E-state index in [4.69, 9.17) is 0 Å². The first-order chi connectivity index (χ1) is 8.16. The molecule has 1 aromatic carbocycles. The highest BCUT2D eigenvalue weighted by atomic mass is 79.9. The van der Waals surface area contributed by atoms with E-state index in [-0.39, 0.29) is 5.91 Å². The number of rotatable bonds is 2. The van der Waals surface area contributed by atoms with Crippen LogP contribution in [0.25, 0.3) is 0 Å². The van der Waals surface area contributed by atoms with E-state index < -0.39 is 0 Å². The molecule has 0 aliphatic heterocycles. The van der Waals surface area contributed by atoms with Gasteiger partial charge in [0.05, 0.1) is 6.20 Å². The molecule has 0 radical (unpaired) electrons. The normalized spacial score (nSPS) is 10.0. The van der Waals surface area contributed by atoms with Gasteiger partial charge in [-0.25, -0.2) is 4.98 Å². The standard InChI is InChI=1S/C12H10BrN3O/c1-8-2-3-9(13)6-10(8)16-12(17)11-7-14-4-5-15-11/h2-7H,1H3,(H,16,17). The van der Waals surface area contributed by atoms with Gasteiger partial charge in [0.15, 0.2) is 0 Å². The fourth-order valence-corrected chi connectivity index (χ4v) is 1.69. The number of anilines is 1. The molecule has 0 saturated carbocycles. The molecule has 86 valence electrons. The molecule has 1 N–H and O–H groups in total. The van der Waals surface area contributed by atoms with Gasteiger partial charge in [-0.15, -0.1) is 0 Å². The van der Waals surface area contributed by atoms with E-state index in [1.165, 1.54) is 18.6 Å². The summed E-state index contributed by atoms with van der Waals surface area (Å²) in [4.78, 5) is 19.6. The number of benzene rings is 1. The van der Waals surface area contributed by atoms with Gasteiger partial charge in [-0.3, -0.25) is 9.78 Å². The lowest BCUT2D eigenvalue weighted by atomic mass is 10.2. The zero-order chi connectivity index (χ0) is 12.3. The van der Waals surface area contributed by atoms with Gasteiger partial charge < -0.3 is 5.32 Å². The van der Waals surface area contributed by atoms with Crippen LogP contribution in [0.5, 0.6) is 0 Å². The van der Waals surface area contributed by atoms with Crippen molar-refractivity contribution in [3.63, 3.8) is 0 Å². The fourth-order valence-electron chi connectivity index (χ4n) is 1.33. The highest BCUT2D eigenvalue weighted by Gasteiger charge is 2.08. The summed E-state index contributed by atoms with van der Waals surface area (Å²) in [5.74, 6) is -0.265. The Hall–Kier alpha value is -1.75. The number of carbonyl (C=O) groups is 1. The van der Waals surface area contributed by atoms with E-state index in [0.29, 0.717) is 5.69 Å². The van der Waals surface area contributed by atoms with Gasteiger partial charge in [-0.05, 0) is 24.6 Å². The molecule has 0 saturated heterocycles. The molecule has 2 aromatic rings. The number of nitrogens with zero attached hydrogens (tertiary/aromatic N) is 2. The van der Waals surface area contributed by atoms with Crippen LogP contribution in [0.2, 0.25) is 0 Å². The summed E-state index contributed by atoms with van der Waals surface area (Å²) in [5.41, 5.74) is 2.05. The van der Waals surface area contributed by atoms with Gasteiger partial charge >= 0.3 is 0 Å². The lowest BCUT2D eigenvalue weighted by Crippen LogP contribution is -2.14. The second-order valence-electron chi connectivity index (χ2n) is 3.50. The molecule has 2 rings (SSSR count). The minimum absolute atomic E-state index is 0.265. The Morgan fingerprint density at radius 2 is 2.18 bits per heavy atom. The average Bonchev–Trinajstić information content (AvgIpc) is 2.35. The fraction of sp³-hybridized carbons (Fsp3) is 0.0833. The van der Waals surface area contributed by atoms with Gasteiger partial charge in [0.2, 0.25) is 0 Å². The first kappa shape index (κ1) is 11.7. The SMILES string of the molecule is Cc1ccc(Br)cc1NC(=O)c1cnccn1. The predicted octanol–water partition coefficient (Wildman–Crippen LogP) is 2.80. The van der Waals surface area contributed by atoms with Crippen LogP contribution < -0.4 is 5.32 Å². The summed E-state index contributed by atoms with van der Waals surface area (Å²) in [7, 11) is 0. The smallest absolute Gasteiger partial charge is 0.275 e. The van der Waals surface area contributed by atoms with Gasteiger partial charge in [0.1, 0.15) is 5.69 Å². The van der Waals surface area contributed by atoms with Crippen molar-refractivity contribution in [1.82, 2.24) is 9.97 Å². The average molecular weight is 292 g/mol. The van der Waals surface area contributed by atoms with E-state index in [1.54, 1.807) is 0 Å². The molecule has 5 heteroatoms. The number of aryl methyl sites for hydroxylation is 1. The van der Waals surface area contributed by atoms with Crippen molar-refractivity contribution in [3.05, 3.63) is 52.5 Å². The highest BCUT2D eigenvalue weighted by Crippen LogP contribution is 2.20. The molecule has 0 spiro atoms. The number of nitrogens with one attached hydrogen (secondary N) is 1. The molecule has 0 aliphatic rings. The summed E-state index contributed by atoms with van der Waals surface area (Å²) >= 11 is 3.36. The molecule has 0 unspecified atom stereocenters. The first-order valence-corrected chi connectivity index (χ1v) is 5.79. The maximum atomic E-state index is 11.8. The number of hydrogen-bond acceptors (Lipinski definition) is 3. The number of amides is 1. The second-order valence-corrected chi connectivity index (χ2v) is 4.42. The van der Waals surface area contributed by atoms with Crippen LogP contribution in [-0.4, -0.2) is 15.9 Å². The van der Waals surface area contributed by atoms with Crippen molar-refractivity contribution >= 4 is 27.5 Å². The number of aromatic nitrogens is 2. The topological polar surface area (TPSA) is 54.9 Å². The van der Waals surface area contributed by atoms with Crippen molar-refractivity contribution in [2.45, 2.75) is 6.92 Å². The number of halogens is 1. The van der Waals surface area contributed by atoms with Crippen LogP contribution in [0.1, 0.15) is 16.1 Å². The quantitative estimate of drug-likeness (QED) is 0.926. The molecule has 4 nitrogen and oxygen atoms in total. The van der Waals surface area contributed by atoms with Gasteiger partial charge in [0.25, 0.3) is 5.91 Å². The molecule has 0 aliphatic carbocycles. The van der Waals surface area contributed by atoms with Crippen LogP contribution in [0.4, 0.5) is 5.69 Å². The molecule has 0 atom stereocenters. The van der Waals surface area contributed by atoms with E-state index in [9.17, 15) is 4.79 Å². The second kappa shape index (κ2) is 5.05. The van der Waals surface area contributed by atoms with Crippen LogP contribution in [0.15, 0.2) is 41.3 Å². The zero-order valence-corrected chi connectivity index (χ0v) is 10.7. The van der Waals surface area contributed by atoms with Crippen LogP contribution in [0, 0.1) is 6.92 Å². The molecule has 0 bridgehead atoms. The van der Waals surface area contributed by atoms with Gasteiger partial charge in [0, 0.05) is 22.6 Å². The Kier molecular flexibility index (Phi) is 3.49. The Labute approximate surface area is 107 Å². The van der Waals surface area contributed by atoms with Gasteiger partial charge in [-0.2, -0.15) is 0 Å². The summed E-state index contributed by atoms with van der Waals surface area (Å²) in [5, 5.41) is 2.80. The van der Waals surface area contributed by atoms with Crippen LogP contribution >= 0.6 is 15.9 Å². The predicted molar refractivity (Wildman–Crippen MR) is 68.9 cm³/mol. The zero-order valence-electron chi connectivity index (χ0n) is 9.14. The lowest BCUT2D eigenvalue weighted by Gasteiger charge is -2.08. The third kappa shape index (κ3) is 2.88. The van der Waals surface area contributed by atoms with E-state index in [2.05, 4.69) is 31.2 Å². The minimum Gasteiger partial charge on any atom is -0.320 e. The van der Waals surface area contributed by atoms with Crippen molar-refractivity contribution in [2.24, 2.45) is 0 Å². The van der Waals surface area contributed by atoms with E-state index in [0.717, 1.165) is 15.7 Å². The maximum Gasteiger partial charge on any atom is 0.275 e. The monoisotopic (exact) mass is 291 g/mol. The molecule has 17 heavy (non-hydrogen) atoms. The van der Waals surface area contributed by atoms with E-state index >= 15 is 0 Å². The molecular formula is C12H10BrN3O. The van der Waals surface area contributed by atoms with Crippen molar-refractivity contribution in [1.29, 1.82) is 0 Å². The number of hydrogen-bond donors (Lipinski definition) is 1. The molecule has 1 aromatic heterocycles. The van der Waals surface area contributed by atoms with Crippen molar-refractivity contribution < 1.29 is 4.79 Å². The summed E-state index contributed by atoms with van der Waals surface area (Å²) in [6.07, 6.45) is 4.45. The summed E-state index contributed by atoms with van der Waals surface area (Å²) in [6.45, 7) is 1.93. The Balaban J connectivity index is 2.22. The Bertz CT molecular complexity index is 543. The Morgan fingerprint density at radius 3 is 2.88 bits per heavy atom. The maximum absolute atomic E-state index is 11.8. The number of carbonyl (C=O) groups excluding carboxylic acids is 1. The minimum atomic E-state index is -0.265. The first-order valence-electron chi connectivity index (χ1n) is 5.00. The summed E-state index contributed by atoms with van der Waals surface area (Å²) in [6, 6.07) is 5.70. The lowest BCUT2D eigenvalue weighted by molar-refractivity contribution is 0.102. The Morgan fingerprint density at radius 1 is 1.35 bits per heavy atom. The molecule has 0 fully saturated rings. The van der Waals surface area contributed by atoms with Crippen LogP contribution in [-0.2, 0) is 0 Å². The molecule has 1 amide bonds.